The monoisotopic (exact) mass is 369 g/mol. The molecule has 0 aliphatic rings. The van der Waals surface area contributed by atoms with Crippen LogP contribution in [0.5, 0.6) is 5.75 Å². The number of carbonyl (C=O) groups is 1. The Bertz CT molecular complexity index is 838. The molecule has 0 heterocycles. The van der Waals surface area contributed by atoms with E-state index in [-0.39, 0.29) is 22.3 Å². The average Bonchev–Trinajstić information content (AvgIpc) is 2.55. The molecule has 2 aromatic carbocycles. The van der Waals surface area contributed by atoms with E-state index in [0.29, 0.717) is 5.69 Å². The summed E-state index contributed by atoms with van der Waals surface area (Å²) in [7, 11) is -3.79. The number of hydrogen-bond donors (Lipinski definition) is 3. The van der Waals surface area contributed by atoms with Gasteiger partial charge in [0.25, 0.3) is 15.9 Å². The molecule has 0 radical (unpaired) electrons. The van der Waals surface area contributed by atoms with E-state index in [1.54, 1.807) is 24.3 Å². The number of ether oxygens (including phenoxy) is 1. The van der Waals surface area contributed by atoms with Crippen molar-refractivity contribution < 1.29 is 17.9 Å². The molecule has 128 valence electrons. The Kier molecular flexibility index (Phi) is 5.66. The number of aryl methyl sites for hydroxylation is 1. The zero-order valence-corrected chi connectivity index (χ0v) is 14.3. The third-order valence-corrected chi connectivity index (χ3v) is 4.71. The number of hydrogen-bond acceptors (Lipinski definition) is 5. The van der Waals surface area contributed by atoms with Crippen LogP contribution in [0.2, 0.25) is 5.02 Å². The summed E-state index contributed by atoms with van der Waals surface area (Å²) in [6.45, 7) is 1.58. The highest BCUT2D eigenvalue weighted by Gasteiger charge is 2.16. The predicted molar refractivity (Wildman–Crippen MR) is 91.3 cm³/mol. The number of carbonyl (C=O) groups excluding carboxylic acids is 1. The Morgan fingerprint density at radius 2 is 1.88 bits per heavy atom. The van der Waals surface area contributed by atoms with Gasteiger partial charge in [-0.2, -0.15) is 0 Å². The van der Waals surface area contributed by atoms with Gasteiger partial charge in [-0.15, -0.1) is 0 Å². The van der Waals surface area contributed by atoms with Gasteiger partial charge in [0.1, 0.15) is 5.75 Å². The summed E-state index contributed by atoms with van der Waals surface area (Å²) in [5, 5.41) is 0.0617. The van der Waals surface area contributed by atoms with E-state index >= 15 is 0 Å². The van der Waals surface area contributed by atoms with Gasteiger partial charge >= 0.3 is 0 Å². The van der Waals surface area contributed by atoms with Crippen molar-refractivity contribution in [3.8, 4) is 5.75 Å². The van der Waals surface area contributed by atoms with Gasteiger partial charge in [0.05, 0.1) is 9.92 Å². The predicted octanol–water partition coefficient (Wildman–Crippen LogP) is 1.82. The second-order valence-corrected chi connectivity index (χ2v) is 7.01. The number of anilines is 1. The highest BCUT2D eigenvalue weighted by atomic mass is 35.5. The molecule has 0 saturated carbocycles. The van der Waals surface area contributed by atoms with Crippen molar-refractivity contribution in [1.82, 2.24) is 5.43 Å². The van der Waals surface area contributed by atoms with E-state index in [0.717, 1.165) is 5.56 Å². The summed E-state index contributed by atoms with van der Waals surface area (Å²) in [4.78, 5) is 11.0. The molecular formula is C15H16ClN3O4S. The van der Waals surface area contributed by atoms with Gasteiger partial charge in [0, 0.05) is 5.69 Å². The Labute approximate surface area is 144 Å². The number of hydrazine groups is 1. The van der Waals surface area contributed by atoms with Crippen molar-refractivity contribution in [1.29, 1.82) is 0 Å². The topological polar surface area (TPSA) is 111 Å². The number of nitrogens with one attached hydrogen (secondary N) is 2. The van der Waals surface area contributed by atoms with E-state index in [1.807, 2.05) is 12.3 Å². The molecule has 1 amide bonds. The summed E-state index contributed by atoms with van der Waals surface area (Å²) in [6.07, 6.45) is 0. The number of rotatable bonds is 6. The largest absolute Gasteiger partial charge is 0.482 e. The highest BCUT2D eigenvalue weighted by Crippen LogP contribution is 2.28. The first kappa shape index (κ1) is 18.1. The van der Waals surface area contributed by atoms with Gasteiger partial charge in [0.2, 0.25) is 0 Å². The number of benzene rings is 2. The van der Waals surface area contributed by atoms with Crippen molar-refractivity contribution in [2.45, 2.75) is 11.8 Å². The Morgan fingerprint density at radius 1 is 1.21 bits per heavy atom. The van der Waals surface area contributed by atoms with Crippen molar-refractivity contribution in [2.24, 2.45) is 5.84 Å². The molecule has 0 fully saturated rings. The molecule has 9 heteroatoms. The fourth-order valence-corrected chi connectivity index (χ4v) is 3.17. The van der Waals surface area contributed by atoms with Crippen LogP contribution < -0.4 is 20.7 Å². The van der Waals surface area contributed by atoms with Crippen LogP contribution in [-0.4, -0.2) is 20.9 Å². The lowest BCUT2D eigenvalue weighted by Crippen LogP contribution is -2.34. The molecule has 2 rings (SSSR count). The van der Waals surface area contributed by atoms with Crippen molar-refractivity contribution in [3.63, 3.8) is 0 Å². The minimum atomic E-state index is -3.79. The van der Waals surface area contributed by atoms with Crippen LogP contribution in [0, 0.1) is 6.92 Å². The molecule has 7 nitrogen and oxygen atoms in total. The maximum Gasteiger partial charge on any atom is 0.271 e. The number of amides is 1. The van der Waals surface area contributed by atoms with Gasteiger partial charge < -0.3 is 4.74 Å². The number of halogens is 1. The lowest BCUT2D eigenvalue weighted by Gasteiger charge is -2.11. The molecule has 4 N–H and O–H groups in total. The van der Waals surface area contributed by atoms with Crippen LogP contribution in [-0.2, 0) is 14.8 Å². The lowest BCUT2D eigenvalue weighted by molar-refractivity contribution is -0.123. The summed E-state index contributed by atoms with van der Waals surface area (Å²) in [5.41, 5.74) is 3.37. The quantitative estimate of drug-likeness (QED) is 0.408. The highest BCUT2D eigenvalue weighted by molar-refractivity contribution is 7.92. The number of nitrogens with two attached hydrogens (primary N) is 1. The fourth-order valence-electron chi connectivity index (χ4n) is 1.79. The van der Waals surface area contributed by atoms with Crippen molar-refractivity contribution in [2.75, 3.05) is 11.3 Å². The van der Waals surface area contributed by atoms with Crippen LogP contribution in [0.15, 0.2) is 47.4 Å². The first-order valence-electron chi connectivity index (χ1n) is 6.83. The van der Waals surface area contributed by atoms with Gasteiger partial charge in [0.15, 0.2) is 6.61 Å². The van der Waals surface area contributed by atoms with Crippen LogP contribution in [0.1, 0.15) is 5.56 Å². The minimum absolute atomic E-state index is 0.0244. The smallest absolute Gasteiger partial charge is 0.271 e. The maximum absolute atomic E-state index is 12.4. The van der Waals surface area contributed by atoms with E-state index in [2.05, 4.69) is 4.72 Å². The van der Waals surface area contributed by atoms with Gasteiger partial charge in [-0.1, -0.05) is 29.3 Å². The van der Waals surface area contributed by atoms with Crippen molar-refractivity contribution >= 4 is 33.2 Å². The lowest BCUT2D eigenvalue weighted by atomic mass is 10.2. The molecule has 24 heavy (non-hydrogen) atoms. The fraction of sp³-hybridized carbons (Fsp3) is 0.133. The number of sulfonamides is 1. The first-order chi connectivity index (χ1) is 11.3. The van der Waals surface area contributed by atoms with Gasteiger partial charge in [-0.25, -0.2) is 14.3 Å². The maximum atomic E-state index is 12.4. The van der Waals surface area contributed by atoms with Crippen LogP contribution >= 0.6 is 11.6 Å². The standard InChI is InChI=1S/C15H16ClN3O4S/c1-10-2-4-11(5-3-10)19-24(21,22)12-6-7-14(13(16)8-12)23-9-15(20)18-17/h2-8,19H,9,17H2,1H3,(H,18,20). The summed E-state index contributed by atoms with van der Waals surface area (Å²) >= 11 is 6.01. The van der Waals surface area contributed by atoms with E-state index in [4.69, 9.17) is 22.2 Å². The van der Waals surface area contributed by atoms with E-state index in [1.165, 1.54) is 18.2 Å². The molecule has 0 aliphatic carbocycles. The van der Waals surface area contributed by atoms with Crippen LogP contribution in [0.3, 0.4) is 0 Å². The zero-order chi connectivity index (χ0) is 17.7. The normalized spacial score (nSPS) is 11.0. The molecule has 0 unspecified atom stereocenters. The third-order valence-electron chi connectivity index (χ3n) is 3.04. The van der Waals surface area contributed by atoms with E-state index in [9.17, 15) is 13.2 Å². The molecule has 0 bridgehead atoms. The van der Waals surface area contributed by atoms with Crippen molar-refractivity contribution in [3.05, 3.63) is 53.1 Å². The summed E-state index contributed by atoms with van der Waals surface area (Å²) in [6, 6.07) is 10.9. The second kappa shape index (κ2) is 7.52. The molecule has 2 aromatic rings. The van der Waals surface area contributed by atoms with Crippen LogP contribution in [0.25, 0.3) is 0 Å². The van der Waals surface area contributed by atoms with Gasteiger partial charge in [-0.3, -0.25) is 14.9 Å². The molecule has 0 atom stereocenters. The Hall–Kier alpha value is -2.29. The SMILES string of the molecule is Cc1ccc(NS(=O)(=O)c2ccc(OCC(=O)NN)c(Cl)c2)cc1. The molecular weight excluding hydrogens is 354 g/mol. The zero-order valence-electron chi connectivity index (χ0n) is 12.7. The Balaban J connectivity index is 2.17. The molecule has 0 aromatic heterocycles. The first-order valence-corrected chi connectivity index (χ1v) is 8.69. The second-order valence-electron chi connectivity index (χ2n) is 4.92. The molecule has 0 spiro atoms. The Morgan fingerprint density at radius 3 is 2.46 bits per heavy atom. The minimum Gasteiger partial charge on any atom is -0.482 e. The van der Waals surface area contributed by atoms with E-state index < -0.39 is 15.9 Å². The van der Waals surface area contributed by atoms with Gasteiger partial charge in [-0.05, 0) is 37.3 Å². The average molecular weight is 370 g/mol. The van der Waals surface area contributed by atoms with Crippen LogP contribution in [0.4, 0.5) is 5.69 Å². The third kappa shape index (κ3) is 4.60. The summed E-state index contributed by atoms with van der Waals surface area (Å²) < 4.78 is 32.4. The molecule has 0 saturated heterocycles. The summed E-state index contributed by atoms with van der Waals surface area (Å²) in [5.74, 6) is 4.58. The molecule has 0 aliphatic heterocycles.